The minimum absolute atomic E-state index is 0.0544. The number of aromatic hydroxyl groups is 1. The van der Waals surface area contributed by atoms with E-state index in [-0.39, 0.29) is 16.1 Å². The smallest absolute Gasteiger partial charge is 0.341 e. The molecule has 2 aromatic carbocycles. The number of aromatic nitrogens is 1. The number of carbonyl (C=O) groups is 2. The second-order valence-electron chi connectivity index (χ2n) is 5.16. The fourth-order valence-electron chi connectivity index (χ4n) is 2.24. The van der Waals surface area contributed by atoms with Gasteiger partial charge in [-0.1, -0.05) is 18.2 Å². The summed E-state index contributed by atoms with van der Waals surface area (Å²) in [5.74, 6) is -2.09. The molecule has 0 saturated carbocycles. The number of methoxy groups -OCH3 is 1. The maximum atomic E-state index is 13.8. The van der Waals surface area contributed by atoms with E-state index in [9.17, 15) is 19.1 Å². The lowest BCUT2D eigenvalue weighted by molar-refractivity contribution is 0.0597. The van der Waals surface area contributed by atoms with E-state index in [1.54, 1.807) is 18.2 Å². The van der Waals surface area contributed by atoms with Crippen molar-refractivity contribution in [2.45, 2.75) is 0 Å². The molecule has 1 heterocycles. The molecule has 3 rings (SSSR count). The second-order valence-corrected chi connectivity index (χ2v) is 6.19. The van der Waals surface area contributed by atoms with Gasteiger partial charge in [-0.15, -0.1) is 11.3 Å². The Bertz CT molecular complexity index is 987. The van der Waals surface area contributed by atoms with Gasteiger partial charge in [0.05, 0.1) is 19.0 Å². The highest BCUT2D eigenvalue weighted by Gasteiger charge is 2.18. The second kappa shape index (κ2) is 7.32. The molecular weight excluding hydrogens is 359 g/mol. The van der Waals surface area contributed by atoms with Gasteiger partial charge in [0.1, 0.15) is 21.3 Å². The van der Waals surface area contributed by atoms with Crippen molar-refractivity contribution in [3.05, 3.63) is 64.9 Å². The zero-order valence-corrected chi connectivity index (χ0v) is 14.3. The molecule has 8 heteroatoms. The molecule has 0 saturated heterocycles. The predicted molar refractivity (Wildman–Crippen MR) is 94.9 cm³/mol. The van der Waals surface area contributed by atoms with Crippen LogP contribution in [0.25, 0.3) is 10.6 Å². The number of nitrogens with zero attached hydrogens (tertiary/aromatic N) is 1. The highest BCUT2D eigenvalue weighted by molar-refractivity contribution is 7.17. The lowest BCUT2D eigenvalue weighted by Crippen LogP contribution is -2.11. The van der Waals surface area contributed by atoms with Crippen LogP contribution in [0.5, 0.6) is 5.75 Å². The first-order chi connectivity index (χ1) is 12.5. The number of hydrogen-bond acceptors (Lipinski definition) is 6. The fourth-order valence-corrected chi connectivity index (χ4v) is 3.08. The number of para-hydroxylation sites is 1. The van der Waals surface area contributed by atoms with Crippen molar-refractivity contribution in [1.82, 2.24) is 4.98 Å². The van der Waals surface area contributed by atoms with E-state index in [0.717, 1.165) is 11.3 Å². The first kappa shape index (κ1) is 17.6. The van der Waals surface area contributed by atoms with Crippen LogP contribution < -0.4 is 5.32 Å². The summed E-state index contributed by atoms with van der Waals surface area (Å²) >= 11 is 1.01. The number of phenols is 1. The number of hydrogen-bond donors (Lipinski definition) is 2. The molecule has 0 spiro atoms. The third kappa shape index (κ3) is 3.40. The Morgan fingerprint density at radius 2 is 1.96 bits per heavy atom. The Kier molecular flexibility index (Phi) is 4.94. The molecule has 0 aliphatic heterocycles. The van der Waals surface area contributed by atoms with Gasteiger partial charge in [0.25, 0.3) is 5.91 Å². The molecule has 0 unspecified atom stereocenters. The summed E-state index contributed by atoms with van der Waals surface area (Å²) in [6.45, 7) is 0. The molecule has 0 aliphatic rings. The number of halogens is 1. The van der Waals surface area contributed by atoms with E-state index in [4.69, 9.17) is 0 Å². The monoisotopic (exact) mass is 372 g/mol. The van der Waals surface area contributed by atoms with Crippen molar-refractivity contribution < 1.29 is 23.8 Å². The summed E-state index contributed by atoms with van der Waals surface area (Å²) in [5.41, 5.74) is 0.285. The van der Waals surface area contributed by atoms with E-state index in [1.807, 2.05) is 0 Å². The molecule has 0 fully saturated rings. The van der Waals surface area contributed by atoms with Gasteiger partial charge >= 0.3 is 5.97 Å². The van der Waals surface area contributed by atoms with Crippen LogP contribution in [0, 0.1) is 5.82 Å². The molecule has 2 N–H and O–H groups in total. The van der Waals surface area contributed by atoms with Crippen LogP contribution in [-0.4, -0.2) is 29.1 Å². The Morgan fingerprint density at radius 3 is 2.69 bits per heavy atom. The van der Waals surface area contributed by atoms with Crippen LogP contribution in [0.4, 0.5) is 10.1 Å². The van der Waals surface area contributed by atoms with Gasteiger partial charge < -0.3 is 15.2 Å². The first-order valence-electron chi connectivity index (χ1n) is 7.43. The molecule has 26 heavy (non-hydrogen) atoms. The number of ether oxygens (including phenoxy) is 1. The fraction of sp³-hybridized carbons (Fsp3) is 0.0556. The molecule has 0 radical (unpaired) electrons. The van der Waals surface area contributed by atoms with Gasteiger partial charge in [-0.25, -0.2) is 14.2 Å². The molecular formula is C18H13FN2O4S. The van der Waals surface area contributed by atoms with Crippen molar-refractivity contribution in [3.8, 4) is 16.3 Å². The topological polar surface area (TPSA) is 88.5 Å². The molecule has 6 nitrogen and oxygen atoms in total. The number of benzene rings is 2. The SMILES string of the molecule is COC(=O)c1cccc(NC(=O)c2cnc(-c3ccccc3F)s2)c1O. The van der Waals surface area contributed by atoms with Crippen molar-refractivity contribution in [2.24, 2.45) is 0 Å². The molecule has 132 valence electrons. The van der Waals surface area contributed by atoms with Gasteiger partial charge in [0.2, 0.25) is 0 Å². The van der Waals surface area contributed by atoms with Crippen LogP contribution in [0.15, 0.2) is 48.7 Å². The van der Waals surface area contributed by atoms with Crippen LogP contribution in [0.3, 0.4) is 0 Å². The number of nitrogens with one attached hydrogen (secondary N) is 1. The van der Waals surface area contributed by atoms with Crippen molar-refractivity contribution in [1.29, 1.82) is 0 Å². The highest BCUT2D eigenvalue weighted by Crippen LogP contribution is 2.30. The van der Waals surface area contributed by atoms with Gasteiger partial charge in [-0.2, -0.15) is 0 Å². The number of amides is 1. The minimum atomic E-state index is -0.724. The lowest BCUT2D eigenvalue weighted by Gasteiger charge is -2.09. The number of anilines is 1. The third-order valence-corrected chi connectivity index (χ3v) is 4.55. The summed E-state index contributed by atoms with van der Waals surface area (Å²) in [5, 5.41) is 13.0. The molecule has 0 atom stereocenters. The quantitative estimate of drug-likeness (QED) is 0.539. The van der Waals surface area contributed by atoms with Gasteiger partial charge in [0, 0.05) is 5.56 Å². The molecule has 3 aromatic rings. The van der Waals surface area contributed by atoms with Crippen molar-refractivity contribution in [2.75, 3.05) is 12.4 Å². The zero-order valence-electron chi connectivity index (χ0n) is 13.5. The normalized spacial score (nSPS) is 10.4. The maximum Gasteiger partial charge on any atom is 0.341 e. The summed E-state index contributed by atoms with van der Waals surface area (Å²) in [6.07, 6.45) is 1.32. The Morgan fingerprint density at radius 1 is 1.19 bits per heavy atom. The first-order valence-corrected chi connectivity index (χ1v) is 8.25. The lowest BCUT2D eigenvalue weighted by atomic mass is 10.1. The summed E-state index contributed by atoms with van der Waals surface area (Å²) in [4.78, 5) is 28.3. The van der Waals surface area contributed by atoms with Gasteiger partial charge in [-0.05, 0) is 24.3 Å². The minimum Gasteiger partial charge on any atom is -0.505 e. The predicted octanol–water partition coefficient (Wildman–Crippen LogP) is 3.69. The molecule has 1 amide bonds. The summed E-state index contributed by atoms with van der Waals surface area (Å²) in [7, 11) is 1.19. The largest absolute Gasteiger partial charge is 0.505 e. The van der Waals surface area contributed by atoms with Crippen LogP contribution >= 0.6 is 11.3 Å². The molecule has 1 aromatic heterocycles. The summed E-state index contributed by atoms with van der Waals surface area (Å²) < 4.78 is 18.4. The third-order valence-electron chi connectivity index (χ3n) is 3.52. The standard InChI is InChI=1S/C18H13FN2O4S/c1-25-18(24)11-6-4-8-13(15(11)22)21-16(23)14-9-20-17(26-14)10-5-2-3-7-12(10)19/h2-9,22H,1H3,(H,21,23). The van der Waals surface area contributed by atoms with Crippen molar-refractivity contribution >= 4 is 28.9 Å². The van der Waals surface area contributed by atoms with E-state index in [1.165, 1.54) is 37.6 Å². The molecule has 0 bridgehead atoms. The maximum absolute atomic E-state index is 13.8. The van der Waals surface area contributed by atoms with Crippen LogP contribution in [0.2, 0.25) is 0 Å². The van der Waals surface area contributed by atoms with Gasteiger partial charge in [0.15, 0.2) is 5.75 Å². The van der Waals surface area contributed by atoms with E-state index < -0.39 is 23.4 Å². The highest BCUT2D eigenvalue weighted by atomic mass is 32.1. The van der Waals surface area contributed by atoms with Gasteiger partial charge in [-0.3, -0.25) is 4.79 Å². The zero-order chi connectivity index (χ0) is 18.7. The number of carbonyl (C=O) groups excluding carboxylic acids is 2. The van der Waals surface area contributed by atoms with E-state index in [0.29, 0.717) is 10.6 Å². The van der Waals surface area contributed by atoms with E-state index in [2.05, 4.69) is 15.0 Å². The average molecular weight is 372 g/mol. The summed E-state index contributed by atoms with van der Waals surface area (Å²) in [6, 6.07) is 10.4. The number of phenolic OH excluding ortho intramolecular Hbond substituents is 1. The Balaban J connectivity index is 1.84. The number of thiazole rings is 1. The molecule has 0 aliphatic carbocycles. The Labute approximate surface area is 151 Å². The van der Waals surface area contributed by atoms with E-state index >= 15 is 0 Å². The Hall–Kier alpha value is -3.26. The number of rotatable bonds is 4. The van der Waals surface area contributed by atoms with Crippen LogP contribution in [-0.2, 0) is 4.74 Å². The average Bonchev–Trinajstić information content (AvgIpc) is 3.13. The van der Waals surface area contributed by atoms with Crippen molar-refractivity contribution in [3.63, 3.8) is 0 Å². The number of esters is 1. The van der Waals surface area contributed by atoms with Crippen LogP contribution in [0.1, 0.15) is 20.0 Å².